The van der Waals surface area contributed by atoms with E-state index in [0.717, 1.165) is 12.1 Å². The second-order valence-electron chi connectivity index (χ2n) is 3.79. The lowest BCUT2D eigenvalue weighted by molar-refractivity contribution is -0.118. The first-order chi connectivity index (χ1) is 7.60. The number of aryl methyl sites for hydroxylation is 1. The minimum Gasteiger partial charge on any atom is -0.312 e. The Labute approximate surface area is 106 Å². The zero-order chi connectivity index (χ0) is 12.1. The number of anilines is 1. The zero-order valence-electron chi connectivity index (χ0n) is 10.0. The Morgan fingerprint density at radius 2 is 1.88 bits per heavy atom. The van der Waals surface area contributed by atoms with Crippen molar-refractivity contribution in [2.75, 3.05) is 11.4 Å². The van der Waals surface area contributed by atoms with Crippen LogP contribution in [0.4, 0.5) is 5.69 Å². The van der Waals surface area contributed by atoms with Crippen molar-refractivity contribution in [3.05, 3.63) is 29.8 Å². The Bertz CT molecular complexity index is 347. The van der Waals surface area contributed by atoms with Crippen molar-refractivity contribution >= 4 is 27.5 Å². The third-order valence-corrected chi connectivity index (χ3v) is 3.59. The monoisotopic (exact) mass is 283 g/mol. The maximum Gasteiger partial charge on any atom is 0.240 e. The highest BCUT2D eigenvalue weighted by atomic mass is 79.9. The number of carbonyl (C=O) groups is 1. The number of amides is 1. The van der Waals surface area contributed by atoms with Crippen LogP contribution in [0.25, 0.3) is 0 Å². The molecular formula is C13H18BrNO. The molecule has 0 heterocycles. The molecule has 1 aromatic rings. The van der Waals surface area contributed by atoms with E-state index in [2.05, 4.69) is 15.9 Å². The summed E-state index contributed by atoms with van der Waals surface area (Å²) in [6.45, 7) is 6.73. The molecule has 0 fully saturated rings. The van der Waals surface area contributed by atoms with Crippen LogP contribution in [0.15, 0.2) is 24.3 Å². The van der Waals surface area contributed by atoms with Crippen LogP contribution in [0.2, 0.25) is 0 Å². The highest BCUT2D eigenvalue weighted by Gasteiger charge is 2.20. The van der Waals surface area contributed by atoms with Gasteiger partial charge in [0.25, 0.3) is 0 Å². The molecule has 0 aromatic heterocycles. The Kier molecular flexibility index (Phi) is 5.00. The predicted octanol–water partition coefficient (Wildman–Crippen LogP) is 3.52. The van der Waals surface area contributed by atoms with Crippen molar-refractivity contribution in [1.29, 1.82) is 0 Å². The van der Waals surface area contributed by atoms with E-state index in [1.54, 1.807) is 0 Å². The number of rotatable bonds is 4. The van der Waals surface area contributed by atoms with Gasteiger partial charge in [-0.05, 0) is 32.4 Å². The highest BCUT2D eigenvalue weighted by molar-refractivity contribution is 9.10. The summed E-state index contributed by atoms with van der Waals surface area (Å²) >= 11 is 3.40. The summed E-state index contributed by atoms with van der Waals surface area (Å²) < 4.78 is 0. The van der Waals surface area contributed by atoms with Gasteiger partial charge in [-0.25, -0.2) is 0 Å². The number of hydrogen-bond donors (Lipinski definition) is 0. The van der Waals surface area contributed by atoms with Crippen molar-refractivity contribution in [3.63, 3.8) is 0 Å². The van der Waals surface area contributed by atoms with Gasteiger partial charge in [0, 0.05) is 12.2 Å². The first-order valence-corrected chi connectivity index (χ1v) is 6.53. The second kappa shape index (κ2) is 6.04. The maximum atomic E-state index is 12.1. The summed E-state index contributed by atoms with van der Waals surface area (Å²) in [7, 11) is 0. The Morgan fingerprint density at radius 3 is 2.31 bits per heavy atom. The van der Waals surface area contributed by atoms with E-state index in [9.17, 15) is 4.79 Å². The molecular weight excluding hydrogens is 266 g/mol. The van der Waals surface area contributed by atoms with Crippen molar-refractivity contribution in [2.24, 2.45) is 0 Å². The van der Waals surface area contributed by atoms with Crippen molar-refractivity contribution in [2.45, 2.75) is 32.0 Å². The lowest BCUT2D eigenvalue weighted by Gasteiger charge is -2.23. The normalized spacial score (nSPS) is 12.2. The number of carbonyl (C=O) groups excluding carboxylic acids is 1. The molecule has 1 atom stereocenters. The summed E-state index contributed by atoms with van der Waals surface area (Å²) in [6.07, 6.45) is 0.807. The molecule has 88 valence electrons. The first kappa shape index (κ1) is 13.2. The van der Waals surface area contributed by atoms with Gasteiger partial charge in [0.15, 0.2) is 0 Å². The fourth-order valence-corrected chi connectivity index (χ4v) is 1.78. The van der Waals surface area contributed by atoms with Gasteiger partial charge in [-0.2, -0.15) is 0 Å². The lowest BCUT2D eigenvalue weighted by Crippen LogP contribution is -2.36. The largest absolute Gasteiger partial charge is 0.312 e. The molecule has 16 heavy (non-hydrogen) atoms. The number of benzene rings is 1. The number of hydrogen-bond acceptors (Lipinski definition) is 1. The molecule has 3 heteroatoms. The van der Waals surface area contributed by atoms with Gasteiger partial charge in [-0.3, -0.25) is 4.79 Å². The van der Waals surface area contributed by atoms with Crippen LogP contribution in [0, 0.1) is 6.92 Å². The summed E-state index contributed by atoms with van der Waals surface area (Å²) in [5, 5.41) is 0. The highest BCUT2D eigenvalue weighted by Crippen LogP contribution is 2.18. The van der Waals surface area contributed by atoms with Crippen molar-refractivity contribution < 1.29 is 4.79 Å². The standard InChI is InChI=1S/C13H18BrNO/c1-4-12(14)13(16)15(5-2)11-8-6-10(3)7-9-11/h6-9,12H,4-5H2,1-3H3. The fourth-order valence-electron chi connectivity index (χ4n) is 1.53. The van der Waals surface area contributed by atoms with Gasteiger partial charge >= 0.3 is 0 Å². The molecule has 0 saturated heterocycles. The fraction of sp³-hybridized carbons (Fsp3) is 0.462. The van der Waals surface area contributed by atoms with Crippen LogP contribution in [-0.2, 0) is 4.79 Å². The van der Waals surface area contributed by atoms with Gasteiger partial charge in [-0.15, -0.1) is 0 Å². The molecule has 0 aliphatic rings. The lowest BCUT2D eigenvalue weighted by atomic mass is 10.2. The second-order valence-corrected chi connectivity index (χ2v) is 4.90. The van der Waals surface area contributed by atoms with Crippen LogP contribution >= 0.6 is 15.9 Å². The zero-order valence-corrected chi connectivity index (χ0v) is 11.6. The van der Waals surface area contributed by atoms with E-state index >= 15 is 0 Å². The van der Waals surface area contributed by atoms with Crippen molar-refractivity contribution in [3.8, 4) is 0 Å². The Hall–Kier alpha value is -0.830. The van der Waals surface area contributed by atoms with Gasteiger partial charge in [0.2, 0.25) is 5.91 Å². The molecule has 0 aliphatic carbocycles. The van der Waals surface area contributed by atoms with E-state index in [-0.39, 0.29) is 10.7 Å². The third-order valence-electron chi connectivity index (χ3n) is 2.55. The Morgan fingerprint density at radius 1 is 1.31 bits per heavy atom. The molecule has 0 aliphatic heterocycles. The molecule has 1 rings (SSSR count). The number of alkyl halides is 1. The molecule has 0 N–H and O–H groups in total. The Balaban J connectivity index is 2.90. The average Bonchev–Trinajstić information content (AvgIpc) is 2.31. The van der Waals surface area contributed by atoms with E-state index in [1.807, 2.05) is 49.9 Å². The molecule has 1 unspecified atom stereocenters. The molecule has 1 aromatic carbocycles. The van der Waals surface area contributed by atoms with Crippen LogP contribution in [0.1, 0.15) is 25.8 Å². The smallest absolute Gasteiger partial charge is 0.240 e. The number of nitrogens with zero attached hydrogens (tertiary/aromatic N) is 1. The quantitative estimate of drug-likeness (QED) is 0.775. The minimum atomic E-state index is -0.0891. The minimum absolute atomic E-state index is 0.0891. The van der Waals surface area contributed by atoms with Gasteiger partial charge in [0.1, 0.15) is 0 Å². The van der Waals surface area contributed by atoms with E-state index in [0.29, 0.717) is 6.54 Å². The molecule has 0 saturated carbocycles. The SMILES string of the molecule is CCC(Br)C(=O)N(CC)c1ccc(C)cc1. The summed E-state index contributed by atoms with van der Waals surface area (Å²) in [5.41, 5.74) is 2.18. The molecule has 0 bridgehead atoms. The van der Waals surface area contributed by atoms with Crippen LogP contribution < -0.4 is 4.90 Å². The van der Waals surface area contributed by atoms with Crippen LogP contribution in [0.3, 0.4) is 0 Å². The van der Waals surface area contributed by atoms with Crippen LogP contribution in [0.5, 0.6) is 0 Å². The summed E-state index contributed by atoms with van der Waals surface area (Å²) in [6, 6.07) is 8.04. The predicted molar refractivity (Wildman–Crippen MR) is 72.2 cm³/mol. The molecule has 0 radical (unpaired) electrons. The van der Waals surface area contributed by atoms with Crippen molar-refractivity contribution in [1.82, 2.24) is 0 Å². The van der Waals surface area contributed by atoms with Gasteiger partial charge < -0.3 is 4.90 Å². The summed E-state index contributed by atoms with van der Waals surface area (Å²) in [4.78, 5) is 13.8. The van der Waals surface area contributed by atoms with Gasteiger partial charge in [-0.1, -0.05) is 40.5 Å². The molecule has 2 nitrogen and oxygen atoms in total. The van der Waals surface area contributed by atoms with Gasteiger partial charge in [0.05, 0.1) is 4.83 Å². The summed E-state index contributed by atoms with van der Waals surface area (Å²) in [5.74, 6) is 0.133. The van der Waals surface area contributed by atoms with E-state index in [4.69, 9.17) is 0 Å². The topological polar surface area (TPSA) is 20.3 Å². The van der Waals surface area contributed by atoms with E-state index < -0.39 is 0 Å². The third kappa shape index (κ3) is 3.08. The van der Waals surface area contributed by atoms with Crippen LogP contribution in [-0.4, -0.2) is 17.3 Å². The molecule has 0 spiro atoms. The first-order valence-electron chi connectivity index (χ1n) is 5.62. The number of halogens is 1. The average molecular weight is 284 g/mol. The maximum absolute atomic E-state index is 12.1. The van der Waals surface area contributed by atoms with E-state index in [1.165, 1.54) is 5.56 Å². The molecule has 1 amide bonds.